The number of ketones is 1. The molecule has 2 aromatic carbocycles. The number of amides is 1. The highest BCUT2D eigenvalue weighted by Gasteiger charge is 2.26. The summed E-state index contributed by atoms with van der Waals surface area (Å²) >= 11 is 0. The van der Waals surface area contributed by atoms with E-state index in [-0.39, 0.29) is 12.3 Å². The third kappa shape index (κ3) is 5.77. The van der Waals surface area contributed by atoms with Gasteiger partial charge in [0.15, 0.2) is 5.78 Å². The third-order valence-electron chi connectivity index (χ3n) is 5.13. The first kappa shape index (κ1) is 24.0. The number of anilines is 1. The fraction of sp³-hybridized carbons (Fsp3) is 0.296. The Morgan fingerprint density at radius 2 is 1.64 bits per heavy atom. The molecule has 0 saturated heterocycles. The van der Waals surface area contributed by atoms with E-state index in [9.17, 15) is 9.59 Å². The summed E-state index contributed by atoms with van der Waals surface area (Å²) in [5, 5.41) is 0. The second-order valence-corrected chi connectivity index (χ2v) is 8.86. The molecule has 0 aliphatic heterocycles. The molecular weight excluding hydrogens is 416 g/mol. The number of benzene rings is 2. The number of rotatable bonds is 6. The zero-order chi connectivity index (χ0) is 24.2. The first-order valence-electron chi connectivity index (χ1n) is 10.8. The average molecular weight is 447 g/mol. The molecule has 1 aromatic heterocycles. The molecule has 0 bridgehead atoms. The topological polar surface area (TPSA) is 68.7 Å². The molecule has 0 spiro atoms. The van der Waals surface area contributed by atoms with E-state index in [1.54, 1.807) is 49.7 Å². The van der Waals surface area contributed by atoms with E-state index in [2.05, 4.69) is 4.98 Å². The minimum atomic E-state index is -0.680. The minimum absolute atomic E-state index is 0.118. The van der Waals surface area contributed by atoms with Crippen molar-refractivity contribution in [2.24, 2.45) is 0 Å². The van der Waals surface area contributed by atoms with Crippen molar-refractivity contribution in [1.29, 1.82) is 0 Å². The van der Waals surface area contributed by atoms with E-state index in [4.69, 9.17) is 9.47 Å². The fourth-order valence-electron chi connectivity index (χ4n) is 3.53. The number of aromatic nitrogens is 1. The Balaban J connectivity index is 2.02. The normalized spacial score (nSPS) is 11.1. The number of pyridine rings is 1. The molecule has 0 radical (unpaired) electrons. The molecule has 172 valence electrons. The Bertz CT molecular complexity index is 1150. The van der Waals surface area contributed by atoms with Crippen molar-refractivity contribution >= 4 is 17.6 Å². The number of hydrogen-bond donors (Lipinski definition) is 0. The lowest BCUT2D eigenvalue weighted by Gasteiger charge is -2.28. The van der Waals surface area contributed by atoms with Crippen LogP contribution in [0.3, 0.4) is 0 Å². The second-order valence-electron chi connectivity index (χ2n) is 8.86. The first-order chi connectivity index (χ1) is 15.6. The Labute approximate surface area is 195 Å². The molecule has 0 fully saturated rings. The summed E-state index contributed by atoms with van der Waals surface area (Å²) in [6.07, 6.45) is 1.21. The summed E-state index contributed by atoms with van der Waals surface area (Å²) in [6, 6.07) is 16.0. The van der Waals surface area contributed by atoms with E-state index in [0.717, 1.165) is 16.9 Å². The van der Waals surface area contributed by atoms with Crippen molar-refractivity contribution in [1.82, 2.24) is 4.98 Å². The van der Waals surface area contributed by atoms with Gasteiger partial charge >= 0.3 is 6.09 Å². The molecule has 6 heteroatoms. The van der Waals surface area contributed by atoms with Crippen molar-refractivity contribution in [2.75, 3.05) is 12.0 Å². The molecule has 33 heavy (non-hydrogen) atoms. The zero-order valence-corrected chi connectivity index (χ0v) is 20.0. The van der Waals surface area contributed by atoms with Crippen molar-refractivity contribution in [3.8, 4) is 5.75 Å². The molecule has 0 N–H and O–H groups in total. The van der Waals surface area contributed by atoms with Crippen LogP contribution < -0.4 is 9.64 Å². The number of aryl methyl sites for hydroxylation is 1. The van der Waals surface area contributed by atoms with E-state index in [1.165, 1.54) is 4.90 Å². The van der Waals surface area contributed by atoms with Crippen LogP contribution in [0.25, 0.3) is 0 Å². The molecular formula is C27H30N2O4. The Morgan fingerprint density at radius 1 is 0.970 bits per heavy atom. The molecule has 0 saturated carbocycles. The smallest absolute Gasteiger partial charge is 0.415 e. The minimum Gasteiger partial charge on any atom is -0.496 e. The number of carbonyl (C=O) groups is 2. The highest BCUT2D eigenvalue weighted by Crippen LogP contribution is 2.28. The van der Waals surface area contributed by atoms with Crippen LogP contribution in [0.15, 0.2) is 60.8 Å². The van der Waals surface area contributed by atoms with Gasteiger partial charge in [0.2, 0.25) is 0 Å². The quantitative estimate of drug-likeness (QED) is 0.442. The van der Waals surface area contributed by atoms with E-state index in [1.807, 2.05) is 52.8 Å². The van der Waals surface area contributed by atoms with Crippen molar-refractivity contribution in [2.45, 2.75) is 46.8 Å². The van der Waals surface area contributed by atoms with Gasteiger partial charge in [0.25, 0.3) is 0 Å². The molecule has 3 rings (SSSR count). The molecule has 3 aromatic rings. The molecule has 0 atom stereocenters. The first-order valence-corrected chi connectivity index (χ1v) is 10.8. The highest BCUT2D eigenvalue weighted by atomic mass is 16.6. The van der Waals surface area contributed by atoms with Crippen LogP contribution in [0.5, 0.6) is 5.75 Å². The lowest BCUT2D eigenvalue weighted by Crippen LogP contribution is -2.37. The number of carbonyl (C=O) groups excluding carboxylic acids is 2. The number of nitrogens with zero attached hydrogens (tertiary/aromatic N) is 2. The van der Waals surface area contributed by atoms with Gasteiger partial charge < -0.3 is 9.47 Å². The van der Waals surface area contributed by atoms with E-state index in [0.29, 0.717) is 22.5 Å². The second kappa shape index (κ2) is 9.86. The van der Waals surface area contributed by atoms with Gasteiger partial charge in [0.1, 0.15) is 11.4 Å². The van der Waals surface area contributed by atoms with Gasteiger partial charge in [-0.05, 0) is 46.8 Å². The molecule has 1 amide bonds. The Kier molecular flexibility index (Phi) is 7.16. The summed E-state index contributed by atoms with van der Waals surface area (Å²) in [5.41, 5.74) is 3.38. The molecule has 6 nitrogen and oxygen atoms in total. The maximum Gasteiger partial charge on any atom is 0.415 e. The van der Waals surface area contributed by atoms with Gasteiger partial charge in [0.05, 0.1) is 19.3 Å². The molecule has 1 heterocycles. The van der Waals surface area contributed by atoms with Gasteiger partial charge in [-0.3, -0.25) is 14.7 Å². The standard InChI is InChI=1S/C27H30N2O4/c1-18-16-28-23(19(2)25(18)32-6)17-29(26(31)33-27(3,4)5)22-14-10-13-21(15-22)24(30)20-11-8-7-9-12-20/h7-16H,17H2,1-6H3. The number of methoxy groups -OCH3 is 1. The van der Waals surface area contributed by atoms with Gasteiger partial charge in [-0.2, -0.15) is 0 Å². The largest absolute Gasteiger partial charge is 0.496 e. The maximum absolute atomic E-state index is 13.2. The molecule has 0 unspecified atom stereocenters. The van der Waals surface area contributed by atoms with E-state index < -0.39 is 11.7 Å². The number of hydrogen-bond acceptors (Lipinski definition) is 5. The molecule has 0 aliphatic carbocycles. The lowest BCUT2D eigenvalue weighted by atomic mass is 10.0. The van der Waals surface area contributed by atoms with Gasteiger partial charge in [-0.1, -0.05) is 42.5 Å². The summed E-state index contributed by atoms with van der Waals surface area (Å²) in [5.74, 6) is 0.616. The van der Waals surface area contributed by atoms with Gasteiger partial charge in [-0.15, -0.1) is 0 Å². The summed E-state index contributed by atoms with van der Waals surface area (Å²) in [4.78, 5) is 32.2. The summed E-state index contributed by atoms with van der Waals surface area (Å²) < 4.78 is 11.2. The van der Waals surface area contributed by atoms with Crippen LogP contribution >= 0.6 is 0 Å². The van der Waals surface area contributed by atoms with Crippen LogP contribution in [0.4, 0.5) is 10.5 Å². The van der Waals surface area contributed by atoms with Crippen molar-refractivity contribution in [3.05, 3.63) is 88.7 Å². The van der Waals surface area contributed by atoms with Crippen molar-refractivity contribution < 1.29 is 19.1 Å². The van der Waals surface area contributed by atoms with Crippen LogP contribution in [-0.2, 0) is 11.3 Å². The van der Waals surface area contributed by atoms with Gasteiger partial charge in [0, 0.05) is 34.1 Å². The highest BCUT2D eigenvalue weighted by molar-refractivity contribution is 6.09. The monoisotopic (exact) mass is 446 g/mol. The van der Waals surface area contributed by atoms with Gasteiger partial charge in [-0.25, -0.2) is 4.79 Å². The predicted molar refractivity (Wildman–Crippen MR) is 129 cm³/mol. The van der Waals surface area contributed by atoms with Crippen LogP contribution in [0, 0.1) is 13.8 Å². The third-order valence-corrected chi connectivity index (χ3v) is 5.13. The van der Waals surface area contributed by atoms with E-state index >= 15 is 0 Å². The average Bonchev–Trinajstić information content (AvgIpc) is 2.78. The lowest BCUT2D eigenvalue weighted by molar-refractivity contribution is 0.0576. The fourth-order valence-corrected chi connectivity index (χ4v) is 3.53. The predicted octanol–water partition coefficient (Wildman–Crippen LogP) is 5.88. The van der Waals surface area contributed by atoms with Crippen molar-refractivity contribution in [3.63, 3.8) is 0 Å². The Hall–Kier alpha value is -3.67. The summed E-state index contributed by atoms with van der Waals surface area (Å²) in [7, 11) is 1.61. The Morgan fingerprint density at radius 3 is 2.27 bits per heavy atom. The van der Waals surface area contributed by atoms with Crippen LogP contribution in [0.1, 0.15) is 53.5 Å². The van der Waals surface area contributed by atoms with Crippen LogP contribution in [-0.4, -0.2) is 29.6 Å². The van der Waals surface area contributed by atoms with Crippen LogP contribution in [0.2, 0.25) is 0 Å². The summed E-state index contributed by atoms with van der Waals surface area (Å²) in [6.45, 7) is 9.45. The maximum atomic E-state index is 13.2. The number of ether oxygens (including phenoxy) is 2. The zero-order valence-electron chi connectivity index (χ0n) is 20.0. The molecule has 0 aliphatic rings. The SMILES string of the molecule is COc1c(C)cnc(CN(C(=O)OC(C)(C)C)c2cccc(C(=O)c3ccccc3)c2)c1C.